The van der Waals surface area contributed by atoms with Crippen LogP contribution in [0.4, 0.5) is 0 Å². The normalized spacial score (nSPS) is 43.9. The fraction of sp³-hybridized carbons (Fsp3) is 1.00. The van der Waals surface area contributed by atoms with Crippen molar-refractivity contribution < 1.29 is 5.11 Å². The summed E-state index contributed by atoms with van der Waals surface area (Å²) >= 11 is 0. The van der Waals surface area contributed by atoms with Crippen molar-refractivity contribution in [3.63, 3.8) is 0 Å². The molecule has 0 unspecified atom stereocenters. The van der Waals surface area contributed by atoms with Gasteiger partial charge in [0.15, 0.2) is 0 Å². The Morgan fingerprint density at radius 2 is 0.955 bits per heavy atom. The number of aliphatic hydroxyl groups is 1. The fourth-order valence-corrected chi connectivity index (χ4v) is 6.02. The van der Waals surface area contributed by atoms with E-state index in [1.165, 1.54) is 77.0 Å². The van der Waals surface area contributed by atoms with E-state index < -0.39 is 0 Å². The highest BCUT2D eigenvalue weighted by Gasteiger charge is 2.34. The van der Waals surface area contributed by atoms with Crippen molar-refractivity contribution in [2.45, 2.75) is 103 Å². The van der Waals surface area contributed by atoms with Crippen LogP contribution >= 0.6 is 0 Å². The van der Waals surface area contributed by atoms with Crippen LogP contribution in [-0.4, -0.2) is 11.2 Å². The van der Waals surface area contributed by atoms with Crippen LogP contribution in [0.2, 0.25) is 0 Å². The van der Waals surface area contributed by atoms with Gasteiger partial charge in [-0.05, 0) is 93.8 Å². The number of hydrogen-bond acceptors (Lipinski definition) is 1. The van der Waals surface area contributed by atoms with Crippen molar-refractivity contribution in [2.24, 2.45) is 29.6 Å². The second-order valence-electron chi connectivity index (χ2n) is 8.81. The molecule has 0 atom stereocenters. The molecule has 0 bridgehead atoms. The molecule has 3 fully saturated rings. The summed E-state index contributed by atoms with van der Waals surface area (Å²) in [7, 11) is 0. The molecule has 0 amide bonds. The molecule has 1 heteroatoms. The molecule has 128 valence electrons. The average molecular weight is 307 g/mol. The summed E-state index contributed by atoms with van der Waals surface area (Å²) < 4.78 is 0. The summed E-state index contributed by atoms with van der Waals surface area (Å²) in [6.45, 7) is 2.34. The lowest BCUT2D eigenvalue weighted by Gasteiger charge is -2.41. The SMILES string of the molecule is CCCC1CCC(C2CCC(C3CCC(O)CC3)CC2)CC1. The van der Waals surface area contributed by atoms with Crippen LogP contribution in [0.15, 0.2) is 0 Å². The number of aliphatic hydroxyl groups excluding tert-OH is 1. The van der Waals surface area contributed by atoms with Crippen molar-refractivity contribution in [1.29, 1.82) is 0 Å². The van der Waals surface area contributed by atoms with Crippen molar-refractivity contribution in [2.75, 3.05) is 0 Å². The van der Waals surface area contributed by atoms with Gasteiger partial charge in [0.1, 0.15) is 0 Å². The smallest absolute Gasteiger partial charge is 0.0540 e. The highest BCUT2D eigenvalue weighted by Crippen LogP contribution is 2.45. The molecule has 0 aromatic heterocycles. The van der Waals surface area contributed by atoms with E-state index in [1.807, 2.05) is 0 Å². The molecule has 0 saturated heterocycles. The molecule has 3 saturated carbocycles. The van der Waals surface area contributed by atoms with Crippen molar-refractivity contribution in [3.8, 4) is 0 Å². The van der Waals surface area contributed by atoms with Crippen LogP contribution in [0.1, 0.15) is 96.8 Å². The average Bonchev–Trinajstić information content (AvgIpc) is 2.57. The third-order valence-electron chi connectivity index (χ3n) is 7.48. The van der Waals surface area contributed by atoms with Crippen molar-refractivity contribution in [3.05, 3.63) is 0 Å². The standard InChI is InChI=1S/C21H38O/c1-2-3-16-4-6-17(7-5-16)18-8-10-19(11-9-18)20-12-14-21(22)15-13-20/h16-22H,2-15H2,1H3. The van der Waals surface area contributed by atoms with E-state index in [9.17, 15) is 5.11 Å². The van der Waals surface area contributed by atoms with Crippen LogP contribution in [0, 0.1) is 29.6 Å². The third-order valence-corrected chi connectivity index (χ3v) is 7.48. The van der Waals surface area contributed by atoms with E-state index in [-0.39, 0.29) is 6.10 Å². The molecule has 3 rings (SSSR count). The van der Waals surface area contributed by atoms with Gasteiger partial charge in [-0.25, -0.2) is 0 Å². The largest absolute Gasteiger partial charge is 0.393 e. The Labute approximate surface area is 138 Å². The Bertz CT molecular complexity index is 302. The maximum atomic E-state index is 9.70. The Balaban J connectivity index is 1.39. The molecule has 0 radical (unpaired) electrons. The summed E-state index contributed by atoms with van der Waals surface area (Å²) in [6, 6.07) is 0. The molecular formula is C21H38O. The van der Waals surface area contributed by atoms with E-state index in [1.54, 1.807) is 0 Å². The lowest BCUT2D eigenvalue weighted by atomic mass is 9.65. The third kappa shape index (κ3) is 4.28. The first-order chi connectivity index (χ1) is 10.8. The quantitative estimate of drug-likeness (QED) is 0.680. The molecule has 0 heterocycles. The lowest BCUT2D eigenvalue weighted by molar-refractivity contribution is 0.0666. The zero-order valence-corrected chi connectivity index (χ0v) is 14.8. The summed E-state index contributed by atoms with van der Waals surface area (Å²) in [5.74, 6) is 5.14. The molecule has 0 aliphatic heterocycles. The van der Waals surface area contributed by atoms with E-state index >= 15 is 0 Å². The molecule has 3 aliphatic carbocycles. The zero-order valence-electron chi connectivity index (χ0n) is 14.8. The Morgan fingerprint density at radius 1 is 0.591 bits per heavy atom. The van der Waals surface area contributed by atoms with E-state index in [2.05, 4.69) is 6.92 Å². The molecule has 1 N–H and O–H groups in total. The summed E-state index contributed by atoms with van der Waals surface area (Å²) in [5.41, 5.74) is 0. The first-order valence-electron chi connectivity index (χ1n) is 10.4. The first kappa shape index (κ1) is 16.8. The number of rotatable bonds is 4. The summed E-state index contributed by atoms with van der Waals surface area (Å²) in [5, 5.41) is 9.70. The van der Waals surface area contributed by atoms with Gasteiger partial charge in [-0.2, -0.15) is 0 Å². The van der Waals surface area contributed by atoms with Gasteiger partial charge in [-0.15, -0.1) is 0 Å². The van der Waals surface area contributed by atoms with Gasteiger partial charge < -0.3 is 5.11 Å². The topological polar surface area (TPSA) is 20.2 Å². The van der Waals surface area contributed by atoms with Gasteiger partial charge in [0.25, 0.3) is 0 Å². The second kappa shape index (κ2) is 8.18. The molecule has 1 nitrogen and oxygen atoms in total. The van der Waals surface area contributed by atoms with Gasteiger partial charge in [-0.1, -0.05) is 32.6 Å². The highest BCUT2D eigenvalue weighted by molar-refractivity contribution is 4.85. The van der Waals surface area contributed by atoms with Gasteiger partial charge in [-0.3, -0.25) is 0 Å². The zero-order chi connectivity index (χ0) is 15.4. The fourth-order valence-electron chi connectivity index (χ4n) is 6.02. The van der Waals surface area contributed by atoms with Crippen LogP contribution < -0.4 is 0 Å². The van der Waals surface area contributed by atoms with Gasteiger partial charge in [0, 0.05) is 0 Å². The highest BCUT2D eigenvalue weighted by atomic mass is 16.3. The maximum absolute atomic E-state index is 9.70. The maximum Gasteiger partial charge on any atom is 0.0540 e. The van der Waals surface area contributed by atoms with Gasteiger partial charge in [0.05, 0.1) is 6.10 Å². The van der Waals surface area contributed by atoms with Crippen LogP contribution in [-0.2, 0) is 0 Å². The van der Waals surface area contributed by atoms with E-state index in [4.69, 9.17) is 0 Å². The van der Waals surface area contributed by atoms with Crippen molar-refractivity contribution >= 4 is 0 Å². The molecule has 0 aromatic carbocycles. The van der Waals surface area contributed by atoms with Crippen LogP contribution in [0.25, 0.3) is 0 Å². The molecule has 22 heavy (non-hydrogen) atoms. The summed E-state index contributed by atoms with van der Waals surface area (Å²) in [6.07, 6.45) is 19.8. The molecular weight excluding hydrogens is 268 g/mol. The molecule has 0 spiro atoms. The minimum Gasteiger partial charge on any atom is -0.393 e. The summed E-state index contributed by atoms with van der Waals surface area (Å²) in [4.78, 5) is 0. The van der Waals surface area contributed by atoms with E-state index in [0.29, 0.717) is 0 Å². The van der Waals surface area contributed by atoms with Crippen molar-refractivity contribution in [1.82, 2.24) is 0 Å². The predicted molar refractivity (Wildman–Crippen MR) is 93.8 cm³/mol. The number of hydrogen-bond donors (Lipinski definition) is 1. The Hall–Kier alpha value is -0.0400. The Kier molecular flexibility index (Phi) is 6.24. The minimum absolute atomic E-state index is 0.0193. The minimum atomic E-state index is 0.0193. The first-order valence-corrected chi connectivity index (χ1v) is 10.4. The Morgan fingerprint density at radius 3 is 1.36 bits per heavy atom. The lowest BCUT2D eigenvalue weighted by Crippen LogP contribution is -2.30. The predicted octanol–water partition coefficient (Wildman–Crippen LogP) is 5.95. The second-order valence-corrected chi connectivity index (χ2v) is 8.81. The van der Waals surface area contributed by atoms with E-state index in [0.717, 1.165) is 42.4 Å². The molecule has 3 aliphatic rings. The van der Waals surface area contributed by atoms with Crippen LogP contribution in [0.5, 0.6) is 0 Å². The molecule has 0 aromatic rings. The van der Waals surface area contributed by atoms with Gasteiger partial charge in [0.2, 0.25) is 0 Å². The van der Waals surface area contributed by atoms with Crippen LogP contribution in [0.3, 0.4) is 0 Å². The monoisotopic (exact) mass is 306 g/mol. The van der Waals surface area contributed by atoms with Gasteiger partial charge >= 0.3 is 0 Å².